The van der Waals surface area contributed by atoms with Gasteiger partial charge in [0.15, 0.2) is 11.2 Å². The van der Waals surface area contributed by atoms with E-state index in [4.69, 9.17) is 0 Å². The Morgan fingerprint density at radius 2 is 1.59 bits per heavy atom. The summed E-state index contributed by atoms with van der Waals surface area (Å²) in [5.74, 6) is -0.191. The predicted molar refractivity (Wildman–Crippen MR) is 122 cm³/mol. The Morgan fingerprint density at radius 3 is 2.38 bits per heavy atom. The van der Waals surface area contributed by atoms with Crippen LogP contribution in [0.15, 0.2) is 40.2 Å². The smallest absolute Gasteiger partial charge is 0.325 e. The van der Waals surface area contributed by atoms with Crippen molar-refractivity contribution >= 4 is 11.2 Å². The third-order valence-electron chi connectivity index (χ3n) is 6.34. The van der Waals surface area contributed by atoms with E-state index in [0.717, 1.165) is 68.7 Å². The first-order valence-corrected chi connectivity index (χ1v) is 11.2. The van der Waals surface area contributed by atoms with E-state index < -0.39 is 0 Å². The van der Waals surface area contributed by atoms with Crippen molar-refractivity contribution in [1.29, 1.82) is 0 Å². The third kappa shape index (κ3) is 4.83. The number of nitrogens with zero attached hydrogens (tertiary/aromatic N) is 6. The van der Waals surface area contributed by atoms with Gasteiger partial charge in [0, 0.05) is 40.3 Å². The van der Waals surface area contributed by atoms with Crippen LogP contribution in [0.3, 0.4) is 0 Å². The van der Waals surface area contributed by atoms with Gasteiger partial charge in [-0.15, -0.1) is 0 Å². The Kier molecular flexibility index (Phi) is 6.86. The quantitative estimate of drug-likeness (QED) is 0.520. The monoisotopic (exact) mass is 442 g/mol. The van der Waals surface area contributed by atoms with Gasteiger partial charge in [-0.25, -0.2) is 14.2 Å². The molecular formula is C23H31FN6O2. The molecule has 172 valence electrons. The molecule has 2 aromatic heterocycles. The summed E-state index contributed by atoms with van der Waals surface area (Å²) in [6.45, 7) is 6.75. The normalized spacial score (nSPS) is 16.0. The van der Waals surface area contributed by atoms with Gasteiger partial charge in [0.05, 0.1) is 6.33 Å². The maximum Gasteiger partial charge on any atom is 0.332 e. The summed E-state index contributed by atoms with van der Waals surface area (Å²) in [5, 5.41) is 0. The molecule has 0 saturated carbocycles. The number of rotatable bonds is 7. The van der Waals surface area contributed by atoms with Gasteiger partial charge in [-0.3, -0.25) is 18.8 Å². The molecule has 0 spiro atoms. The van der Waals surface area contributed by atoms with Crippen LogP contribution in [-0.2, 0) is 27.2 Å². The van der Waals surface area contributed by atoms with Crippen LogP contribution in [0.4, 0.5) is 4.39 Å². The SMILES string of the molecule is Cn1c(=O)c2c(ncn2CCCCN2CCCN(Cc3ccc(F)cc3)CC2)n(C)c1=O. The molecule has 0 radical (unpaired) electrons. The van der Waals surface area contributed by atoms with Crippen LogP contribution in [-0.4, -0.2) is 61.2 Å². The van der Waals surface area contributed by atoms with Crippen molar-refractivity contribution in [3.8, 4) is 0 Å². The second kappa shape index (κ2) is 9.79. The maximum absolute atomic E-state index is 13.1. The van der Waals surface area contributed by atoms with Crippen LogP contribution in [0.25, 0.3) is 11.2 Å². The minimum Gasteiger partial charge on any atom is -0.325 e. The minimum atomic E-state index is -0.359. The van der Waals surface area contributed by atoms with Crippen molar-refractivity contribution in [3.05, 3.63) is 62.8 Å². The lowest BCUT2D eigenvalue weighted by atomic mass is 10.2. The molecule has 4 rings (SSSR count). The zero-order valence-corrected chi connectivity index (χ0v) is 18.8. The maximum atomic E-state index is 13.1. The molecule has 9 heteroatoms. The minimum absolute atomic E-state index is 0.191. The average molecular weight is 443 g/mol. The van der Waals surface area contributed by atoms with Gasteiger partial charge >= 0.3 is 5.69 Å². The summed E-state index contributed by atoms with van der Waals surface area (Å²) < 4.78 is 17.5. The van der Waals surface area contributed by atoms with Crippen LogP contribution in [0, 0.1) is 5.82 Å². The third-order valence-corrected chi connectivity index (χ3v) is 6.34. The van der Waals surface area contributed by atoms with Gasteiger partial charge in [-0.05, 0) is 56.6 Å². The molecule has 1 aromatic carbocycles. The highest BCUT2D eigenvalue weighted by molar-refractivity contribution is 5.69. The number of hydrogen-bond donors (Lipinski definition) is 0. The van der Waals surface area contributed by atoms with E-state index >= 15 is 0 Å². The Morgan fingerprint density at radius 1 is 0.906 bits per heavy atom. The Bertz CT molecular complexity index is 1180. The molecular weight excluding hydrogens is 411 g/mol. The summed E-state index contributed by atoms with van der Waals surface area (Å²) in [5.41, 5.74) is 1.42. The van der Waals surface area contributed by atoms with Crippen LogP contribution in [0.2, 0.25) is 0 Å². The molecule has 32 heavy (non-hydrogen) atoms. The largest absolute Gasteiger partial charge is 0.332 e. The Hall–Kier alpha value is -2.78. The molecule has 0 N–H and O–H groups in total. The number of unbranched alkanes of at least 4 members (excludes halogenated alkanes) is 1. The number of fused-ring (bicyclic) bond motifs is 1. The first-order valence-electron chi connectivity index (χ1n) is 11.2. The Balaban J connectivity index is 1.27. The lowest BCUT2D eigenvalue weighted by Crippen LogP contribution is -2.37. The molecule has 8 nitrogen and oxygen atoms in total. The van der Waals surface area contributed by atoms with Crippen molar-refractivity contribution in [3.63, 3.8) is 0 Å². The van der Waals surface area contributed by atoms with Gasteiger partial charge in [-0.2, -0.15) is 0 Å². The van der Waals surface area contributed by atoms with Gasteiger partial charge in [-0.1, -0.05) is 12.1 Å². The van der Waals surface area contributed by atoms with Crippen LogP contribution in [0.1, 0.15) is 24.8 Å². The molecule has 3 aromatic rings. The summed E-state index contributed by atoms with van der Waals surface area (Å²) in [6.07, 6.45) is 4.75. The topological polar surface area (TPSA) is 68.3 Å². The van der Waals surface area contributed by atoms with Crippen molar-refractivity contribution in [2.75, 3.05) is 32.7 Å². The molecule has 0 amide bonds. The molecule has 1 aliphatic heterocycles. The zero-order valence-electron chi connectivity index (χ0n) is 18.8. The fourth-order valence-corrected chi connectivity index (χ4v) is 4.44. The van der Waals surface area contributed by atoms with Gasteiger partial charge in [0.1, 0.15) is 5.82 Å². The van der Waals surface area contributed by atoms with E-state index in [-0.39, 0.29) is 17.1 Å². The highest BCUT2D eigenvalue weighted by atomic mass is 19.1. The Labute approximate surface area is 186 Å². The summed E-state index contributed by atoms with van der Waals surface area (Å²) in [7, 11) is 3.14. The molecule has 0 aliphatic carbocycles. The first-order chi connectivity index (χ1) is 15.4. The summed E-state index contributed by atoms with van der Waals surface area (Å²) >= 11 is 0. The predicted octanol–water partition coefficient (Wildman–Crippen LogP) is 1.56. The highest BCUT2D eigenvalue weighted by Gasteiger charge is 2.16. The summed E-state index contributed by atoms with van der Waals surface area (Å²) in [6, 6.07) is 6.78. The number of halogens is 1. The van der Waals surface area contributed by atoms with Gasteiger partial charge in [0.2, 0.25) is 0 Å². The highest BCUT2D eigenvalue weighted by Crippen LogP contribution is 2.12. The molecule has 0 unspecified atom stereocenters. The fraction of sp³-hybridized carbons (Fsp3) is 0.522. The van der Waals surface area contributed by atoms with Crippen LogP contribution in [0.5, 0.6) is 0 Å². The van der Waals surface area contributed by atoms with Gasteiger partial charge in [0.25, 0.3) is 5.56 Å². The van der Waals surface area contributed by atoms with Crippen molar-refractivity contribution < 1.29 is 4.39 Å². The van der Waals surface area contributed by atoms with Crippen molar-refractivity contribution in [2.45, 2.75) is 32.4 Å². The van der Waals surface area contributed by atoms with E-state index in [1.165, 1.54) is 23.7 Å². The lowest BCUT2D eigenvalue weighted by molar-refractivity contribution is 0.248. The second-order valence-corrected chi connectivity index (χ2v) is 8.62. The fourth-order valence-electron chi connectivity index (χ4n) is 4.44. The number of imidazole rings is 1. The van der Waals surface area contributed by atoms with Crippen molar-refractivity contribution in [1.82, 2.24) is 28.5 Å². The van der Waals surface area contributed by atoms with Crippen LogP contribution >= 0.6 is 0 Å². The van der Waals surface area contributed by atoms with E-state index in [1.807, 2.05) is 16.7 Å². The molecule has 1 aliphatic rings. The van der Waals surface area contributed by atoms with Crippen molar-refractivity contribution in [2.24, 2.45) is 14.1 Å². The number of benzene rings is 1. The van der Waals surface area contributed by atoms with E-state index in [2.05, 4.69) is 14.8 Å². The number of hydrogen-bond acceptors (Lipinski definition) is 5. The second-order valence-electron chi connectivity index (χ2n) is 8.62. The standard InChI is InChI=1S/C23H31FN6O2/c1-26-21-20(22(31)27(2)23(26)32)30(17-25-21)13-4-3-10-28-11-5-12-29(15-14-28)16-18-6-8-19(24)9-7-18/h6-9,17H,3-5,10-16H2,1-2H3. The van der Waals surface area contributed by atoms with Gasteiger partial charge < -0.3 is 9.47 Å². The van der Waals surface area contributed by atoms with E-state index in [0.29, 0.717) is 17.7 Å². The molecule has 1 saturated heterocycles. The summed E-state index contributed by atoms with van der Waals surface area (Å²) in [4.78, 5) is 33.8. The number of aryl methyl sites for hydroxylation is 2. The zero-order chi connectivity index (χ0) is 22.7. The molecule has 0 atom stereocenters. The first kappa shape index (κ1) is 22.4. The molecule has 3 heterocycles. The number of aromatic nitrogens is 4. The van der Waals surface area contributed by atoms with E-state index in [9.17, 15) is 14.0 Å². The molecule has 1 fully saturated rings. The average Bonchev–Trinajstić information content (AvgIpc) is 3.09. The van der Waals surface area contributed by atoms with Crippen LogP contribution < -0.4 is 11.2 Å². The lowest BCUT2D eigenvalue weighted by Gasteiger charge is -2.22. The molecule has 0 bridgehead atoms. The van der Waals surface area contributed by atoms with E-state index in [1.54, 1.807) is 13.4 Å².